The van der Waals surface area contributed by atoms with Crippen LogP contribution in [0.4, 0.5) is 14.5 Å². The molecule has 1 aliphatic carbocycles. The van der Waals surface area contributed by atoms with Crippen LogP contribution in [0.25, 0.3) is 0 Å². The van der Waals surface area contributed by atoms with Gasteiger partial charge in [0.25, 0.3) is 0 Å². The molecule has 1 fully saturated rings. The van der Waals surface area contributed by atoms with Crippen LogP contribution in [0.2, 0.25) is 0 Å². The zero-order valence-electron chi connectivity index (χ0n) is 8.81. The largest absolute Gasteiger partial charge is 0.389 e. The van der Waals surface area contributed by atoms with E-state index >= 15 is 0 Å². The molecule has 2 nitrogen and oxygen atoms in total. The number of benzene rings is 1. The van der Waals surface area contributed by atoms with E-state index in [4.69, 9.17) is 5.73 Å². The molecule has 0 radical (unpaired) electrons. The molecule has 1 aromatic rings. The van der Waals surface area contributed by atoms with Gasteiger partial charge in [0.1, 0.15) is 22.3 Å². The fourth-order valence-electron chi connectivity index (χ4n) is 1.45. The molecule has 0 aromatic heterocycles. The minimum absolute atomic E-state index is 0.0121. The van der Waals surface area contributed by atoms with Gasteiger partial charge < -0.3 is 11.1 Å². The van der Waals surface area contributed by atoms with Crippen molar-refractivity contribution in [3.05, 3.63) is 29.3 Å². The molecule has 0 unspecified atom stereocenters. The molecule has 0 amide bonds. The summed E-state index contributed by atoms with van der Waals surface area (Å²) in [5, 5.41) is 2.86. The Morgan fingerprint density at radius 1 is 1.38 bits per heavy atom. The van der Waals surface area contributed by atoms with Crippen molar-refractivity contribution in [2.45, 2.75) is 25.3 Å². The standard InChI is InChI=1S/C11H12F2N2S/c1-11(2-3-11)15-9-7(12)4-6(10(14)16)5-8(9)13/h4-5,15H,2-3H2,1H3,(H2,14,16). The van der Waals surface area contributed by atoms with Crippen LogP contribution in [0.1, 0.15) is 25.3 Å². The van der Waals surface area contributed by atoms with Gasteiger partial charge in [0.2, 0.25) is 0 Å². The second-order valence-electron chi connectivity index (χ2n) is 4.36. The molecule has 0 aliphatic heterocycles. The van der Waals surface area contributed by atoms with Crippen molar-refractivity contribution in [1.82, 2.24) is 0 Å². The van der Waals surface area contributed by atoms with Crippen molar-refractivity contribution in [2.75, 3.05) is 5.32 Å². The second kappa shape index (κ2) is 3.66. The van der Waals surface area contributed by atoms with E-state index in [0.29, 0.717) is 0 Å². The maximum absolute atomic E-state index is 13.6. The summed E-state index contributed by atoms with van der Waals surface area (Å²) in [7, 11) is 0. The topological polar surface area (TPSA) is 38.0 Å². The summed E-state index contributed by atoms with van der Waals surface area (Å²) in [6.07, 6.45) is 1.84. The number of hydrogen-bond donors (Lipinski definition) is 2. The predicted molar refractivity (Wildman–Crippen MR) is 63.5 cm³/mol. The van der Waals surface area contributed by atoms with Crippen LogP contribution >= 0.6 is 12.2 Å². The Kier molecular flexibility index (Phi) is 2.58. The smallest absolute Gasteiger partial charge is 0.150 e. The molecule has 0 bridgehead atoms. The summed E-state index contributed by atoms with van der Waals surface area (Å²) in [6, 6.07) is 2.30. The molecule has 0 saturated heterocycles. The summed E-state index contributed by atoms with van der Waals surface area (Å²) in [5.41, 5.74) is 5.25. The molecular weight excluding hydrogens is 230 g/mol. The Bertz CT molecular complexity index is 432. The zero-order chi connectivity index (χ0) is 11.9. The van der Waals surface area contributed by atoms with E-state index < -0.39 is 11.6 Å². The normalized spacial score (nSPS) is 16.9. The number of rotatable bonds is 3. The molecule has 1 aromatic carbocycles. The van der Waals surface area contributed by atoms with E-state index in [9.17, 15) is 8.78 Å². The summed E-state index contributed by atoms with van der Waals surface area (Å²) < 4.78 is 27.2. The maximum atomic E-state index is 13.6. The van der Waals surface area contributed by atoms with Crippen molar-refractivity contribution in [2.24, 2.45) is 5.73 Å². The Morgan fingerprint density at radius 2 is 1.88 bits per heavy atom. The third-order valence-electron chi connectivity index (χ3n) is 2.75. The fraction of sp³-hybridized carbons (Fsp3) is 0.364. The monoisotopic (exact) mass is 242 g/mol. The van der Waals surface area contributed by atoms with Gasteiger partial charge in [0, 0.05) is 11.1 Å². The second-order valence-corrected chi connectivity index (χ2v) is 4.80. The molecule has 16 heavy (non-hydrogen) atoms. The first-order chi connectivity index (χ1) is 7.41. The number of anilines is 1. The highest BCUT2D eigenvalue weighted by Crippen LogP contribution is 2.39. The molecule has 86 valence electrons. The number of halogens is 2. The zero-order valence-corrected chi connectivity index (χ0v) is 9.63. The molecule has 1 saturated carbocycles. The minimum atomic E-state index is -0.657. The van der Waals surface area contributed by atoms with Crippen molar-refractivity contribution in [3.8, 4) is 0 Å². The quantitative estimate of drug-likeness (QED) is 0.800. The lowest BCUT2D eigenvalue weighted by Crippen LogP contribution is -2.19. The predicted octanol–water partition coefficient (Wildman–Crippen LogP) is 2.56. The van der Waals surface area contributed by atoms with Crippen molar-refractivity contribution in [3.63, 3.8) is 0 Å². The first-order valence-corrected chi connectivity index (χ1v) is 5.39. The number of hydrogen-bond acceptors (Lipinski definition) is 2. The van der Waals surface area contributed by atoms with Crippen molar-refractivity contribution < 1.29 is 8.78 Å². The van der Waals surface area contributed by atoms with Crippen LogP contribution in [-0.2, 0) is 0 Å². The Hall–Kier alpha value is -1.23. The lowest BCUT2D eigenvalue weighted by molar-refractivity contribution is 0.582. The Morgan fingerprint density at radius 3 is 2.25 bits per heavy atom. The van der Waals surface area contributed by atoms with Crippen LogP contribution in [0, 0.1) is 11.6 Å². The van der Waals surface area contributed by atoms with Gasteiger partial charge in [0.05, 0.1) is 0 Å². The summed E-state index contributed by atoms with van der Waals surface area (Å²) >= 11 is 4.67. The van der Waals surface area contributed by atoms with Gasteiger partial charge in [-0.25, -0.2) is 8.78 Å². The number of thiocarbonyl (C=S) groups is 1. The Labute approximate surface area is 97.8 Å². The Balaban J connectivity index is 2.35. The van der Waals surface area contributed by atoms with E-state index in [-0.39, 0.29) is 21.8 Å². The third kappa shape index (κ3) is 2.14. The highest BCUT2D eigenvalue weighted by Gasteiger charge is 2.38. The molecule has 0 spiro atoms. The van der Waals surface area contributed by atoms with Gasteiger partial charge >= 0.3 is 0 Å². The van der Waals surface area contributed by atoms with E-state index in [0.717, 1.165) is 25.0 Å². The molecule has 0 atom stereocenters. The molecule has 2 rings (SSSR count). The molecule has 5 heteroatoms. The first kappa shape index (κ1) is 11.3. The van der Waals surface area contributed by atoms with Gasteiger partial charge in [0.15, 0.2) is 0 Å². The minimum Gasteiger partial charge on any atom is -0.389 e. The van der Waals surface area contributed by atoms with Crippen LogP contribution in [0.3, 0.4) is 0 Å². The molecule has 0 heterocycles. The third-order valence-corrected chi connectivity index (χ3v) is 2.99. The van der Waals surface area contributed by atoms with Crippen LogP contribution < -0.4 is 11.1 Å². The highest BCUT2D eigenvalue weighted by atomic mass is 32.1. The first-order valence-electron chi connectivity index (χ1n) is 4.98. The van der Waals surface area contributed by atoms with Gasteiger partial charge in [-0.15, -0.1) is 0 Å². The molecule has 1 aliphatic rings. The number of nitrogens with two attached hydrogens (primary N) is 1. The van der Waals surface area contributed by atoms with Gasteiger partial charge in [-0.3, -0.25) is 0 Å². The highest BCUT2D eigenvalue weighted by molar-refractivity contribution is 7.80. The maximum Gasteiger partial charge on any atom is 0.150 e. The van der Waals surface area contributed by atoms with Gasteiger partial charge in [-0.05, 0) is 31.9 Å². The summed E-state index contributed by atoms with van der Waals surface area (Å²) in [4.78, 5) is -0.0121. The van der Waals surface area contributed by atoms with E-state index in [1.54, 1.807) is 0 Å². The van der Waals surface area contributed by atoms with Crippen LogP contribution in [0.15, 0.2) is 12.1 Å². The molecular formula is C11H12F2N2S. The lowest BCUT2D eigenvalue weighted by atomic mass is 10.1. The van der Waals surface area contributed by atoms with E-state index in [2.05, 4.69) is 17.5 Å². The van der Waals surface area contributed by atoms with Crippen molar-refractivity contribution in [1.29, 1.82) is 0 Å². The van der Waals surface area contributed by atoms with Crippen LogP contribution in [0.5, 0.6) is 0 Å². The summed E-state index contributed by atoms with van der Waals surface area (Å²) in [5.74, 6) is -1.31. The summed E-state index contributed by atoms with van der Waals surface area (Å²) in [6.45, 7) is 1.92. The average Bonchev–Trinajstić information content (AvgIpc) is 2.90. The van der Waals surface area contributed by atoms with E-state index in [1.165, 1.54) is 0 Å². The fourth-order valence-corrected chi connectivity index (χ4v) is 1.57. The lowest BCUT2D eigenvalue weighted by Gasteiger charge is -2.15. The van der Waals surface area contributed by atoms with Crippen molar-refractivity contribution >= 4 is 22.9 Å². The van der Waals surface area contributed by atoms with Crippen LogP contribution in [-0.4, -0.2) is 10.5 Å². The average molecular weight is 242 g/mol. The van der Waals surface area contributed by atoms with Gasteiger partial charge in [-0.1, -0.05) is 12.2 Å². The molecule has 3 N–H and O–H groups in total. The van der Waals surface area contributed by atoms with Gasteiger partial charge in [-0.2, -0.15) is 0 Å². The van der Waals surface area contributed by atoms with E-state index in [1.807, 2.05) is 6.92 Å². The number of nitrogens with one attached hydrogen (secondary N) is 1. The SMILES string of the molecule is CC1(Nc2c(F)cc(C(N)=S)cc2F)CC1.